The minimum absolute atomic E-state index is 0.142. The van der Waals surface area contributed by atoms with E-state index < -0.39 is 0 Å². The molecule has 7 heteroatoms. The molecule has 2 N–H and O–H groups in total. The largest absolute Gasteiger partial charge is 0.462 e. The normalized spacial score (nSPS) is 17.0. The van der Waals surface area contributed by atoms with Crippen LogP contribution in [0.25, 0.3) is 22.8 Å². The zero-order valence-corrected chi connectivity index (χ0v) is 22.5. The van der Waals surface area contributed by atoms with Crippen LogP contribution in [-0.4, -0.2) is 73.0 Å². The third-order valence-electron chi connectivity index (χ3n) is 7.50. The van der Waals surface area contributed by atoms with Gasteiger partial charge in [-0.2, -0.15) is 0 Å². The first-order chi connectivity index (χ1) is 18.5. The topological polar surface area (TPSA) is 77.7 Å². The van der Waals surface area contributed by atoms with Crippen molar-refractivity contribution >= 4 is 29.2 Å². The fourth-order valence-corrected chi connectivity index (χ4v) is 5.50. The number of hydrogen-bond acceptors (Lipinski definition) is 5. The number of carbonyl (C=O) groups is 2. The molecule has 2 aliphatic heterocycles. The van der Waals surface area contributed by atoms with Gasteiger partial charge in [0.2, 0.25) is 0 Å². The summed E-state index contributed by atoms with van der Waals surface area (Å²) in [6, 6.07) is 16.0. The molecule has 0 radical (unpaired) electrons. The lowest BCUT2D eigenvalue weighted by atomic mass is 9.93. The predicted molar refractivity (Wildman–Crippen MR) is 152 cm³/mol. The highest BCUT2D eigenvalue weighted by atomic mass is 16.5. The monoisotopic (exact) mass is 512 g/mol. The van der Waals surface area contributed by atoms with Gasteiger partial charge in [0.1, 0.15) is 0 Å². The molecule has 7 nitrogen and oxygen atoms in total. The Balaban J connectivity index is 1.51. The van der Waals surface area contributed by atoms with Gasteiger partial charge in [0.15, 0.2) is 0 Å². The summed E-state index contributed by atoms with van der Waals surface area (Å²) in [5.41, 5.74) is 7.39. The minimum atomic E-state index is -0.318. The second-order valence-electron chi connectivity index (χ2n) is 10.1. The molecule has 0 saturated carbocycles. The van der Waals surface area contributed by atoms with Crippen molar-refractivity contribution in [2.24, 2.45) is 0 Å². The molecular formula is C31H36N4O3. The second kappa shape index (κ2) is 11.4. The maximum Gasteiger partial charge on any atom is 0.340 e. The van der Waals surface area contributed by atoms with Gasteiger partial charge < -0.3 is 24.8 Å². The molecule has 38 heavy (non-hydrogen) atoms. The summed E-state index contributed by atoms with van der Waals surface area (Å²) in [6.45, 7) is 9.28. The number of hydrogen-bond donors (Lipinski definition) is 2. The van der Waals surface area contributed by atoms with Crippen LogP contribution < -0.4 is 5.32 Å². The zero-order chi connectivity index (χ0) is 26.6. The van der Waals surface area contributed by atoms with Crippen molar-refractivity contribution in [1.82, 2.24) is 14.8 Å². The number of amides is 1. The smallest absolute Gasteiger partial charge is 0.340 e. The molecule has 0 aliphatic carbocycles. The number of H-pyrrole nitrogens is 1. The van der Waals surface area contributed by atoms with Crippen molar-refractivity contribution < 1.29 is 14.3 Å². The number of piperazine rings is 1. The van der Waals surface area contributed by atoms with Gasteiger partial charge in [-0.15, -0.1) is 0 Å². The van der Waals surface area contributed by atoms with Crippen LogP contribution in [0.4, 0.5) is 5.69 Å². The highest BCUT2D eigenvalue weighted by Crippen LogP contribution is 2.41. The van der Waals surface area contributed by atoms with Crippen LogP contribution in [0.5, 0.6) is 0 Å². The number of nitrogens with zero attached hydrogens (tertiary/aromatic N) is 2. The van der Waals surface area contributed by atoms with Crippen molar-refractivity contribution in [2.45, 2.75) is 26.7 Å². The molecule has 5 rings (SSSR count). The Bertz CT molecular complexity index is 1350. The number of anilines is 1. The van der Waals surface area contributed by atoms with E-state index >= 15 is 0 Å². The van der Waals surface area contributed by atoms with Crippen LogP contribution in [0, 0.1) is 6.92 Å². The fraction of sp³-hybridized carbons (Fsp3) is 0.355. The quantitative estimate of drug-likeness (QED) is 0.334. The number of ether oxygens (including phenoxy) is 1. The average Bonchev–Trinajstić information content (AvgIpc) is 3.41. The van der Waals surface area contributed by atoms with Crippen LogP contribution in [0.3, 0.4) is 0 Å². The Labute approximate surface area is 224 Å². The summed E-state index contributed by atoms with van der Waals surface area (Å²) in [7, 11) is 2.16. The van der Waals surface area contributed by atoms with E-state index in [2.05, 4.69) is 39.3 Å². The highest BCUT2D eigenvalue weighted by molar-refractivity contribution is 6.36. The van der Waals surface area contributed by atoms with E-state index in [1.807, 2.05) is 56.3 Å². The van der Waals surface area contributed by atoms with Crippen molar-refractivity contribution in [3.05, 3.63) is 76.6 Å². The van der Waals surface area contributed by atoms with Crippen molar-refractivity contribution in [2.75, 3.05) is 51.7 Å². The van der Waals surface area contributed by atoms with Crippen LogP contribution >= 0.6 is 0 Å². The van der Waals surface area contributed by atoms with E-state index in [1.165, 1.54) is 0 Å². The van der Waals surface area contributed by atoms with Gasteiger partial charge in [-0.05, 0) is 69.1 Å². The van der Waals surface area contributed by atoms with Crippen molar-refractivity contribution in [1.29, 1.82) is 0 Å². The van der Waals surface area contributed by atoms with Crippen LogP contribution in [-0.2, 0) is 16.0 Å². The Morgan fingerprint density at radius 1 is 1.05 bits per heavy atom. The number of benzene rings is 2. The number of aromatic nitrogens is 1. The summed E-state index contributed by atoms with van der Waals surface area (Å²) in [4.78, 5) is 34.4. The SMILES string of the molecule is CCOC(=O)c1c(C)[nH]c(/C=C2\C(=O)Nc3cccc(-c4ccccc4)c32)c1CCCN1CCN(C)CC1. The maximum atomic E-state index is 13.2. The van der Waals surface area contributed by atoms with E-state index in [9.17, 15) is 9.59 Å². The molecule has 0 spiro atoms. The number of nitrogens with one attached hydrogen (secondary N) is 2. The van der Waals surface area contributed by atoms with E-state index in [1.54, 1.807) is 0 Å². The van der Waals surface area contributed by atoms with Gasteiger partial charge in [0, 0.05) is 48.8 Å². The number of esters is 1. The summed E-state index contributed by atoms with van der Waals surface area (Å²) in [5, 5.41) is 3.03. The number of carbonyl (C=O) groups excluding carboxylic acids is 2. The number of aryl methyl sites for hydroxylation is 1. The van der Waals surface area contributed by atoms with E-state index in [0.717, 1.165) is 84.9 Å². The van der Waals surface area contributed by atoms with E-state index in [4.69, 9.17) is 4.74 Å². The average molecular weight is 513 g/mol. The van der Waals surface area contributed by atoms with Crippen LogP contribution in [0.15, 0.2) is 48.5 Å². The fourth-order valence-electron chi connectivity index (χ4n) is 5.50. The summed E-state index contributed by atoms with van der Waals surface area (Å²) in [6.07, 6.45) is 3.55. The number of aromatic amines is 1. The number of likely N-dealkylation sites (N-methyl/N-ethyl adjacent to an activating group) is 1. The van der Waals surface area contributed by atoms with Crippen LogP contribution in [0.1, 0.15) is 46.2 Å². The lowest BCUT2D eigenvalue weighted by molar-refractivity contribution is -0.110. The Kier molecular flexibility index (Phi) is 7.77. The molecule has 3 aromatic rings. The lowest BCUT2D eigenvalue weighted by Crippen LogP contribution is -2.44. The van der Waals surface area contributed by atoms with E-state index in [0.29, 0.717) is 17.7 Å². The molecule has 1 aromatic heterocycles. The summed E-state index contributed by atoms with van der Waals surface area (Å²) < 4.78 is 5.42. The second-order valence-corrected chi connectivity index (χ2v) is 10.1. The first-order valence-corrected chi connectivity index (χ1v) is 13.5. The minimum Gasteiger partial charge on any atom is -0.462 e. The number of rotatable bonds is 8. The highest BCUT2D eigenvalue weighted by Gasteiger charge is 2.29. The predicted octanol–water partition coefficient (Wildman–Crippen LogP) is 4.84. The summed E-state index contributed by atoms with van der Waals surface area (Å²) >= 11 is 0. The molecule has 1 saturated heterocycles. The van der Waals surface area contributed by atoms with Gasteiger partial charge in [0.25, 0.3) is 5.91 Å². The zero-order valence-electron chi connectivity index (χ0n) is 22.5. The molecule has 3 heterocycles. The van der Waals surface area contributed by atoms with Crippen molar-refractivity contribution in [3.8, 4) is 11.1 Å². The first kappa shape index (κ1) is 25.9. The molecule has 2 aliphatic rings. The molecule has 198 valence electrons. The first-order valence-electron chi connectivity index (χ1n) is 13.5. The van der Waals surface area contributed by atoms with Gasteiger partial charge in [-0.25, -0.2) is 4.79 Å². The molecule has 0 bridgehead atoms. The molecule has 1 fully saturated rings. The Hall–Kier alpha value is -3.68. The molecular weight excluding hydrogens is 476 g/mol. The maximum absolute atomic E-state index is 13.2. The van der Waals surface area contributed by atoms with Gasteiger partial charge in [0.05, 0.1) is 17.7 Å². The molecule has 0 atom stereocenters. The number of fused-ring (bicyclic) bond motifs is 1. The molecule has 1 amide bonds. The molecule has 2 aromatic carbocycles. The third kappa shape index (κ3) is 5.30. The van der Waals surface area contributed by atoms with Gasteiger partial charge >= 0.3 is 5.97 Å². The Morgan fingerprint density at radius 2 is 1.82 bits per heavy atom. The van der Waals surface area contributed by atoms with Crippen molar-refractivity contribution in [3.63, 3.8) is 0 Å². The lowest BCUT2D eigenvalue weighted by Gasteiger charge is -2.32. The van der Waals surface area contributed by atoms with E-state index in [-0.39, 0.29) is 11.9 Å². The third-order valence-corrected chi connectivity index (χ3v) is 7.50. The van der Waals surface area contributed by atoms with Gasteiger partial charge in [-0.1, -0.05) is 42.5 Å². The summed E-state index contributed by atoms with van der Waals surface area (Å²) in [5.74, 6) is -0.460. The van der Waals surface area contributed by atoms with Gasteiger partial charge in [-0.3, -0.25) is 4.79 Å². The Morgan fingerprint density at radius 3 is 2.55 bits per heavy atom. The molecule has 0 unspecified atom stereocenters. The standard InChI is InChI=1S/C31H36N4O3/c1-4-38-31(37)28-21(2)32-27(24(28)13-9-15-35-18-16-34(3)17-19-35)20-25-29-23(22-10-6-5-7-11-22)12-8-14-26(29)33-30(25)36/h5-8,10-12,14,20,32H,4,9,13,15-19H2,1-3H3,(H,33,36)/b25-20-. The van der Waals surface area contributed by atoms with Crippen LogP contribution in [0.2, 0.25) is 0 Å².